The van der Waals surface area contributed by atoms with E-state index in [9.17, 15) is 4.79 Å². The van der Waals surface area contributed by atoms with E-state index < -0.39 is 0 Å². The van der Waals surface area contributed by atoms with Gasteiger partial charge in [-0.05, 0) is 18.6 Å². The van der Waals surface area contributed by atoms with Crippen LogP contribution in [0, 0.1) is 6.92 Å². The lowest BCUT2D eigenvalue weighted by molar-refractivity contribution is -0.140. The van der Waals surface area contributed by atoms with Crippen LogP contribution in [0.4, 0.5) is 5.82 Å². The van der Waals surface area contributed by atoms with Crippen LogP contribution >= 0.6 is 0 Å². The highest BCUT2D eigenvalue weighted by atomic mass is 16.5. The van der Waals surface area contributed by atoms with Gasteiger partial charge in [-0.1, -0.05) is 6.07 Å². The van der Waals surface area contributed by atoms with Gasteiger partial charge < -0.3 is 10.1 Å². The summed E-state index contributed by atoms with van der Waals surface area (Å²) < 4.78 is 4.52. The highest BCUT2D eigenvalue weighted by Gasteiger charge is 2.01. The lowest BCUT2D eigenvalue weighted by atomic mass is 10.3. The summed E-state index contributed by atoms with van der Waals surface area (Å²) in [5, 5.41) is 3.07. The van der Waals surface area contributed by atoms with Crippen LogP contribution in [0.15, 0.2) is 18.3 Å². The van der Waals surface area contributed by atoms with Crippen LogP contribution in [-0.2, 0) is 9.53 Å². The van der Waals surface area contributed by atoms with Crippen molar-refractivity contribution in [3.8, 4) is 0 Å². The normalized spacial score (nSPS) is 9.57. The number of carbonyl (C=O) groups is 1. The number of aryl methyl sites for hydroxylation is 1. The number of rotatable bonds is 4. The molecule has 0 bridgehead atoms. The van der Waals surface area contributed by atoms with Gasteiger partial charge in [0, 0.05) is 12.7 Å². The summed E-state index contributed by atoms with van der Waals surface area (Å²) in [5.41, 5.74) is 1.07. The molecular formula is C10H14N2O2. The molecule has 1 heterocycles. The minimum atomic E-state index is -0.217. The molecule has 0 amide bonds. The molecule has 0 aliphatic carbocycles. The first-order valence-electron chi connectivity index (χ1n) is 4.46. The molecule has 0 saturated carbocycles. The van der Waals surface area contributed by atoms with Crippen molar-refractivity contribution in [3.05, 3.63) is 23.9 Å². The number of ether oxygens (including phenoxy) is 1. The predicted octanol–water partition coefficient (Wildman–Crippen LogP) is 1.37. The van der Waals surface area contributed by atoms with Gasteiger partial charge in [0.25, 0.3) is 0 Å². The monoisotopic (exact) mass is 194 g/mol. The van der Waals surface area contributed by atoms with Crippen molar-refractivity contribution in [3.63, 3.8) is 0 Å². The van der Waals surface area contributed by atoms with Crippen molar-refractivity contribution in [2.24, 2.45) is 0 Å². The molecule has 1 N–H and O–H groups in total. The molecule has 0 saturated heterocycles. The number of hydrogen-bond donors (Lipinski definition) is 1. The molecule has 0 radical (unpaired) electrons. The number of methoxy groups -OCH3 is 1. The molecule has 0 aliphatic rings. The summed E-state index contributed by atoms with van der Waals surface area (Å²) >= 11 is 0. The first-order chi connectivity index (χ1) is 6.74. The molecule has 0 fully saturated rings. The van der Waals surface area contributed by atoms with Crippen molar-refractivity contribution in [2.75, 3.05) is 19.0 Å². The summed E-state index contributed by atoms with van der Waals surface area (Å²) in [6.45, 7) is 2.51. The van der Waals surface area contributed by atoms with Crippen molar-refractivity contribution in [2.45, 2.75) is 13.3 Å². The molecule has 0 spiro atoms. The van der Waals surface area contributed by atoms with Gasteiger partial charge in [-0.25, -0.2) is 4.98 Å². The van der Waals surface area contributed by atoms with E-state index in [1.807, 2.05) is 19.1 Å². The number of anilines is 1. The van der Waals surface area contributed by atoms with E-state index >= 15 is 0 Å². The molecule has 0 aliphatic heterocycles. The average Bonchev–Trinajstić information content (AvgIpc) is 2.20. The fourth-order valence-electron chi connectivity index (χ4n) is 1.06. The zero-order chi connectivity index (χ0) is 10.4. The summed E-state index contributed by atoms with van der Waals surface area (Å²) in [5.74, 6) is 0.600. The molecule has 4 nitrogen and oxygen atoms in total. The first kappa shape index (κ1) is 10.5. The molecule has 0 unspecified atom stereocenters. The van der Waals surface area contributed by atoms with E-state index in [2.05, 4.69) is 15.0 Å². The van der Waals surface area contributed by atoms with E-state index in [-0.39, 0.29) is 5.97 Å². The van der Waals surface area contributed by atoms with Crippen molar-refractivity contribution in [1.29, 1.82) is 0 Å². The minimum Gasteiger partial charge on any atom is -0.469 e. The Morgan fingerprint density at radius 3 is 3.07 bits per heavy atom. The Morgan fingerprint density at radius 1 is 1.64 bits per heavy atom. The van der Waals surface area contributed by atoms with Crippen molar-refractivity contribution >= 4 is 11.8 Å². The van der Waals surface area contributed by atoms with Crippen LogP contribution in [0.2, 0.25) is 0 Å². The topological polar surface area (TPSA) is 51.2 Å². The van der Waals surface area contributed by atoms with Gasteiger partial charge in [0.05, 0.1) is 13.5 Å². The van der Waals surface area contributed by atoms with Gasteiger partial charge in [-0.2, -0.15) is 0 Å². The molecule has 14 heavy (non-hydrogen) atoms. The van der Waals surface area contributed by atoms with Gasteiger partial charge in [-0.15, -0.1) is 0 Å². The first-order valence-corrected chi connectivity index (χ1v) is 4.46. The second-order valence-corrected chi connectivity index (χ2v) is 2.92. The number of aromatic nitrogens is 1. The SMILES string of the molecule is COC(=O)CCNc1ncccc1C. The van der Waals surface area contributed by atoms with Gasteiger partial charge >= 0.3 is 5.97 Å². The molecule has 1 aromatic heterocycles. The fraction of sp³-hybridized carbons (Fsp3) is 0.400. The highest BCUT2D eigenvalue weighted by Crippen LogP contribution is 2.08. The minimum absolute atomic E-state index is 0.217. The molecule has 1 rings (SSSR count). The summed E-state index contributed by atoms with van der Waals surface area (Å²) in [6, 6.07) is 3.84. The van der Waals surface area contributed by atoms with Crippen LogP contribution < -0.4 is 5.32 Å². The Kier molecular flexibility index (Phi) is 3.91. The standard InChI is InChI=1S/C10H14N2O2/c1-8-4-3-6-11-10(8)12-7-5-9(13)14-2/h3-4,6H,5,7H2,1-2H3,(H,11,12). The fourth-order valence-corrected chi connectivity index (χ4v) is 1.06. The maximum absolute atomic E-state index is 10.8. The molecular weight excluding hydrogens is 180 g/mol. The molecule has 4 heteroatoms. The number of nitrogens with zero attached hydrogens (tertiary/aromatic N) is 1. The largest absolute Gasteiger partial charge is 0.469 e. The van der Waals surface area contributed by atoms with Crippen LogP contribution in [0.5, 0.6) is 0 Å². The van der Waals surface area contributed by atoms with E-state index in [1.54, 1.807) is 6.20 Å². The molecule has 0 aromatic carbocycles. The number of pyridine rings is 1. The summed E-state index contributed by atoms with van der Waals surface area (Å²) in [4.78, 5) is 14.9. The Morgan fingerprint density at radius 2 is 2.43 bits per heavy atom. The molecule has 76 valence electrons. The molecule has 0 atom stereocenters. The Labute approximate surface area is 83.3 Å². The second-order valence-electron chi connectivity index (χ2n) is 2.92. The van der Waals surface area contributed by atoms with E-state index in [0.717, 1.165) is 11.4 Å². The lowest BCUT2D eigenvalue weighted by Gasteiger charge is -2.06. The summed E-state index contributed by atoms with van der Waals surface area (Å²) in [7, 11) is 1.38. The second kappa shape index (κ2) is 5.21. The van der Waals surface area contributed by atoms with Crippen molar-refractivity contribution < 1.29 is 9.53 Å². The van der Waals surface area contributed by atoms with Gasteiger partial charge in [0.1, 0.15) is 5.82 Å². The van der Waals surface area contributed by atoms with Crippen molar-refractivity contribution in [1.82, 2.24) is 4.98 Å². The number of hydrogen-bond acceptors (Lipinski definition) is 4. The zero-order valence-corrected chi connectivity index (χ0v) is 8.41. The number of esters is 1. The van der Waals surface area contributed by atoms with Gasteiger partial charge in [0.2, 0.25) is 0 Å². The zero-order valence-electron chi connectivity index (χ0n) is 8.41. The Bertz CT molecular complexity index is 313. The van der Waals surface area contributed by atoms with E-state index in [1.165, 1.54) is 7.11 Å². The van der Waals surface area contributed by atoms with Crippen LogP contribution in [0.25, 0.3) is 0 Å². The molecule has 1 aromatic rings. The quantitative estimate of drug-likeness (QED) is 0.735. The Balaban J connectivity index is 2.39. The van der Waals surface area contributed by atoms with Crippen LogP contribution in [-0.4, -0.2) is 24.6 Å². The third kappa shape index (κ3) is 3.05. The van der Waals surface area contributed by atoms with E-state index in [4.69, 9.17) is 0 Å². The number of nitrogens with one attached hydrogen (secondary N) is 1. The number of carbonyl (C=O) groups excluding carboxylic acids is 1. The maximum Gasteiger partial charge on any atom is 0.307 e. The van der Waals surface area contributed by atoms with Gasteiger partial charge in [0.15, 0.2) is 0 Å². The average molecular weight is 194 g/mol. The Hall–Kier alpha value is -1.58. The predicted molar refractivity (Wildman–Crippen MR) is 54.1 cm³/mol. The summed E-state index contributed by atoms with van der Waals surface area (Å²) in [6.07, 6.45) is 2.07. The van der Waals surface area contributed by atoms with E-state index in [0.29, 0.717) is 13.0 Å². The van der Waals surface area contributed by atoms with Gasteiger partial charge in [-0.3, -0.25) is 4.79 Å². The lowest BCUT2D eigenvalue weighted by Crippen LogP contribution is -2.11. The van der Waals surface area contributed by atoms with Crippen LogP contribution in [0.1, 0.15) is 12.0 Å². The highest BCUT2D eigenvalue weighted by molar-refractivity contribution is 5.69. The smallest absolute Gasteiger partial charge is 0.307 e. The van der Waals surface area contributed by atoms with Crippen LogP contribution in [0.3, 0.4) is 0 Å². The third-order valence-electron chi connectivity index (χ3n) is 1.86. The third-order valence-corrected chi connectivity index (χ3v) is 1.86. The maximum atomic E-state index is 10.8.